The highest BCUT2D eigenvalue weighted by molar-refractivity contribution is 5.88. The van der Waals surface area contributed by atoms with E-state index < -0.39 is 0 Å². The van der Waals surface area contributed by atoms with Crippen LogP contribution < -0.4 is 11.1 Å². The number of hydrogen-bond acceptors (Lipinski definition) is 3. The third-order valence-electron chi connectivity index (χ3n) is 1.74. The summed E-state index contributed by atoms with van der Waals surface area (Å²) in [6.07, 6.45) is 1.76. The highest BCUT2D eigenvalue weighted by atomic mass is 14.8. The third-order valence-corrected chi connectivity index (χ3v) is 1.74. The monoisotopic (exact) mass is 177 g/mol. The largest absolute Gasteiger partial charge is 0.398 e. The van der Waals surface area contributed by atoms with Gasteiger partial charge in [-0.05, 0) is 25.1 Å². The number of aliphatic imine (C=N–C) groups is 1. The number of nitrogens with one attached hydrogen (secondary N) is 1. The second kappa shape index (κ2) is 4.50. The van der Waals surface area contributed by atoms with Crippen molar-refractivity contribution in [1.29, 1.82) is 0 Å². The highest BCUT2D eigenvalue weighted by Gasteiger charge is 1.96. The molecule has 0 aromatic heterocycles. The van der Waals surface area contributed by atoms with E-state index in [1.54, 1.807) is 13.3 Å². The van der Waals surface area contributed by atoms with Crippen molar-refractivity contribution >= 4 is 17.6 Å². The van der Waals surface area contributed by atoms with Crippen LogP contribution in [-0.4, -0.2) is 19.8 Å². The molecule has 0 heterocycles. The molecule has 70 valence electrons. The summed E-state index contributed by atoms with van der Waals surface area (Å²) < 4.78 is 0. The van der Waals surface area contributed by atoms with Gasteiger partial charge in [-0.25, -0.2) is 0 Å². The van der Waals surface area contributed by atoms with Gasteiger partial charge in [0.25, 0.3) is 0 Å². The second-order valence-corrected chi connectivity index (χ2v) is 2.76. The Morgan fingerprint density at radius 1 is 1.54 bits per heavy atom. The lowest BCUT2D eigenvalue weighted by molar-refractivity contribution is 1.21. The van der Waals surface area contributed by atoms with Crippen molar-refractivity contribution in [2.24, 2.45) is 4.99 Å². The molecule has 0 saturated carbocycles. The van der Waals surface area contributed by atoms with E-state index >= 15 is 0 Å². The molecule has 13 heavy (non-hydrogen) atoms. The average Bonchev–Trinajstić information content (AvgIpc) is 2.12. The Labute approximate surface area is 78.7 Å². The number of nitrogen functional groups attached to an aromatic ring is 1. The minimum atomic E-state index is 0.757. The zero-order chi connectivity index (χ0) is 9.68. The summed E-state index contributed by atoms with van der Waals surface area (Å²) in [5, 5.41) is 3.22. The molecule has 0 amide bonds. The Morgan fingerprint density at radius 3 is 2.92 bits per heavy atom. The Balaban J connectivity index is 2.96. The lowest BCUT2D eigenvalue weighted by Crippen LogP contribution is -1.99. The molecule has 0 aliphatic rings. The van der Waals surface area contributed by atoms with Gasteiger partial charge >= 0.3 is 0 Å². The van der Waals surface area contributed by atoms with E-state index in [0.717, 1.165) is 23.5 Å². The first kappa shape index (κ1) is 9.58. The standard InChI is InChI=1S/C10H15N3/c1-3-13-9-4-5-10(11)8(6-9)7-12-2/h4-7,13H,3,11H2,1-2H3. The number of anilines is 2. The topological polar surface area (TPSA) is 50.4 Å². The molecule has 3 heteroatoms. The van der Waals surface area contributed by atoms with Crippen molar-refractivity contribution in [3.63, 3.8) is 0 Å². The molecule has 0 aliphatic carbocycles. The van der Waals surface area contributed by atoms with E-state index in [2.05, 4.69) is 17.2 Å². The van der Waals surface area contributed by atoms with Gasteiger partial charge in [-0.2, -0.15) is 0 Å². The fourth-order valence-electron chi connectivity index (χ4n) is 1.14. The number of hydrogen-bond donors (Lipinski definition) is 2. The van der Waals surface area contributed by atoms with Gasteiger partial charge in [0.2, 0.25) is 0 Å². The van der Waals surface area contributed by atoms with Crippen LogP contribution in [0.2, 0.25) is 0 Å². The van der Waals surface area contributed by atoms with Crippen molar-refractivity contribution in [1.82, 2.24) is 0 Å². The smallest absolute Gasteiger partial charge is 0.0404 e. The van der Waals surface area contributed by atoms with Crippen LogP contribution in [0, 0.1) is 0 Å². The van der Waals surface area contributed by atoms with Gasteiger partial charge in [-0.15, -0.1) is 0 Å². The third kappa shape index (κ3) is 2.47. The first-order chi connectivity index (χ1) is 6.27. The molecule has 0 spiro atoms. The van der Waals surface area contributed by atoms with Crippen LogP contribution >= 0.6 is 0 Å². The van der Waals surface area contributed by atoms with Gasteiger partial charge in [-0.1, -0.05) is 0 Å². The summed E-state index contributed by atoms with van der Waals surface area (Å²) in [7, 11) is 1.74. The summed E-state index contributed by atoms with van der Waals surface area (Å²) in [6.45, 7) is 2.97. The van der Waals surface area contributed by atoms with E-state index in [1.165, 1.54) is 0 Å². The number of benzene rings is 1. The quantitative estimate of drug-likeness (QED) is 0.546. The Morgan fingerprint density at radius 2 is 2.31 bits per heavy atom. The molecule has 1 rings (SSSR count). The molecule has 0 unspecified atom stereocenters. The summed E-state index contributed by atoms with van der Waals surface area (Å²) in [4.78, 5) is 3.94. The molecule has 1 aromatic rings. The fourth-order valence-corrected chi connectivity index (χ4v) is 1.14. The van der Waals surface area contributed by atoms with Crippen LogP contribution in [0.15, 0.2) is 23.2 Å². The molecule has 0 bridgehead atoms. The summed E-state index contributed by atoms with van der Waals surface area (Å²) >= 11 is 0. The molecule has 0 radical (unpaired) electrons. The molecular weight excluding hydrogens is 162 g/mol. The van der Waals surface area contributed by atoms with Crippen LogP contribution in [0.5, 0.6) is 0 Å². The molecule has 0 atom stereocenters. The van der Waals surface area contributed by atoms with Crippen molar-refractivity contribution in [2.45, 2.75) is 6.92 Å². The highest BCUT2D eigenvalue weighted by Crippen LogP contribution is 2.15. The van der Waals surface area contributed by atoms with Crippen molar-refractivity contribution < 1.29 is 0 Å². The van der Waals surface area contributed by atoms with Crippen molar-refractivity contribution in [3.05, 3.63) is 23.8 Å². The van der Waals surface area contributed by atoms with Crippen LogP contribution in [0.25, 0.3) is 0 Å². The predicted molar refractivity (Wildman–Crippen MR) is 58.5 cm³/mol. The van der Waals surface area contributed by atoms with Gasteiger partial charge in [0.05, 0.1) is 0 Å². The minimum Gasteiger partial charge on any atom is -0.398 e. The van der Waals surface area contributed by atoms with Crippen LogP contribution in [0.3, 0.4) is 0 Å². The van der Waals surface area contributed by atoms with Gasteiger partial charge in [0.1, 0.15) is 0 Å². The predicted octanol–water partition coefficient (Wildman–Crippen LogP) is 1.75. The first-order valence-corrected chi connectivity index (χ1v) is 4.33. The van der Waals surface area contributed by atoms with Crippen molar-refractivity contribution in [2.75, 3.05) is 24.6 Å². The Kier molecular flexibility index (Phi) is 3.31. The minimum absolute atomic E-state index is 0.757. The molecular formula is C10H15N3. The van der Waals surface area contributed by atoms with Crippen LogP contribution in [-0.2, 0) is 0 Å². The maximum Gasteiger partial charge on any atom is 0.0404 e. The number of nitrogens with two attached hydrogens (primary N) is 1. The van der Waals surface area contributed by atoms with Gasteiger partial charge in [-0.3, -0.25) is 4.99 Å². The van der Waals surface area contributed by atoms with E-state index in [9.17, 15) is 0 Å². The van der Waals surface area contributed by atoms with E-state index in [0.29, 0.717) is 0 Å². The zero-order valence-electron chi connectivity index (χ0n) is 8.04. The number of nitrogens with zero attached hydrogens (tertiary/aromatic N) is 1. The maximum absolute atomic E-state index is 5.75. The normalized spacial score (nSPS) is 10.6. The maximum atomic E-state index is 5.75. The summed E-state index contributed by atoms with van der Waals surface area (Å²) in [5.41, 5.74) is 8.54. The molecule has 3 nitrogen and oxygen atoms in total. The lowest BCUT2D eigenvalue weighted by Gasteiger charge is -2.05. The van der Waals surface area contributed by atoms with Crippen LogP contribution in [0.1, 0.15) is 12.5 Å². The summed E-state index contributed by atoms with van der Waals surface area (Å²) in [6, 6.07) is 5.84. The average molecular weight is 177 g/mol. The number of rotatable bonds is 3. The van der Waals surface area contributed by atoms with E-state index in [4.69, 9.17) is 5.73 Å². The SMILES string of the molecule is CCNc1ccc(N)c(C=NC)c1. The molecule has 1 aromatic carbocycles. The molecule has 0 fully saturated rings. The Bertz CT molecular complexity index is 305. The first-order valence-electron chi connectivity index (χ1n) is 4.33. The molecule has 0 saturated heterocycles. The van der Waals surface area contributed by atoms with E-state index in [1.807, 2.05) is 18.2 Å². The summed E-state index contributed by atoms with van der Waals surface area (Å²) in [5.74, 6) is 0. The zero-order valence-corrected chi connectivity index (χ0v) is 8.04. The van der Waals surface area contributed by atoms with Gasteiger partial charge in [0, 0.05) is 36.7 Å². The molecule has 3 N–H and O–H groups in total. The van der Waals surface area contributed by atoms with E-state index in [-0.39, 0.29) is 0 Å². The van der Waals surface area contributed by atoms with Gasteiger partial charge < -0.3 is 11.1 Å². The van der Waals surface area contributed by atoms with Crippen molar-refractivity contribution in [3.8, 4) is 0 Å². The second-order valence-electron chi connectivity index (χ2n) is 2.76. The Hall–Kier alpha value is -1.51. The van der Waals surface area contributed by atoms with Crippen LogP contribution in [0.4, 0.5) is 11.4 Å². The van der Waals surface area contributed by atoms with Gasteiger partial charge in [0.15, 0.2) is 0 Å². The fraction of sp³-hybridized carbons (Fsp3) is 0.300. The lowest BCUT2D eigenvalue weighted by atomic mass is 10.1. The molecule has 0 aliphatic heterocycles.